The summed E-state index contributed by atoms with van der Waals surface area (Å²) in [5.41, 5.74) is 0. The summed E-state index contributed by atoms with van der Waals surface area (Å²) in [6.07, 6.45) is 4.95. The van der Waals surface area contributed by atoms with Crippen LogP contribution in [0.3, 0.4) is 0 Å². The number of unbranched alkanes of at least 4 members (excludes halogenated alkanes) is 6. The lowest BCUT2D eigenvalue weighted by Gasteiger charge is -2.06. The average Bonchev–Trinajstić information content (AvgIpc) is 2.67. The Morgan fingerprint density at radius 3 is 1.17 bits per heavy atom. The van der Waals surface area contributed by atoms with Crippen LogP contribution in [0.15, 0.2) is 0 Å². The van der Waals surface area contributed by atoms with E-state index >= 15 is 0 Å². The molecule has 0 spiro atoms. The fourth-order valence-corrected chi connectivity index (χ4v) is 2.17. The number of ether oxygens (including phenoxy) is 6. The molecule has 0 aromatic rings. The Kier molecular flexibility index (Phi) is 17.2. The first kappa shape index (κ1) is 26.5. The molecule has 0 aliphatic rings. The van der Waals surface area contributed by atoms with Gasteiger partial charge in [0.25, 0.3) is 0 Å². The molecule has 0 amide bonds. The number of rotatable bonds is 16. The average molecular weight is 420 g/mol. The molecule has 0 aliphatic carbocycles. The molecule has 0 aliphatic heterocycles. The van der Waals surface area contributed by atoms with Crippen molar-refractivity contribution in [1.29, 1.82) is 0 Å². The minimum atomic E-state index is -0.862. The summed E-state index contributed by atoms with van der Waals surface area (Å²) in [5, 5.41) is 0. The maximum Gasteiger partial charge on any atom is 0.511 e. The van der Waals surface area contributed by atoms with Crippen molar-refractivity contribution in [2.75, 3.05) is 26.8 Å². The number of carbonyl (C=O) groups is 4. The molecule has 0 radical (unpaired) electrons. The summed E-state index contributed by atoms with van der Waals surface area (Å²) in [7, 11) is 0. The van der Waals surface area contributed by atoms with Crippen LogP contribution in [0.1, 0.15) is 71.6 Å². The van der Waals surface area contributed by atoms with Crippen LogP contribution in [-0.4, -0.2) is 51.0 Å². The van der Waals surface area contributed by atoms with Crippen LogP contribution in [0.4, 0.5) is 9.59 Å². The Bertz CT molecular complexity index is 436. The van der Waals surface area contributed by atoms with Crippen molar-refractivity contribution in [2.24, 2.45) is 0 Å². The van der Waals surface area contributed by atoms with Gasteiger partial charge in [0.15, 0.2) is 0 Å². The number of hydrogen-bond donors (Lipinski definition) is 0. The van der Waals surface area contributed by atoms with Gasteiger partial charge in [0.2, 0.25) is 13.6 Å². The normalized spacial score (nSPS) is 10.0. The lowest BCUT2D eigenvalue weighted by Crippen LogP contribution is -2.13. The molecule has 0 N–H and O–H groups in total. The smallest absolute Gasteiger partial charge is 0.435 e. The van der Waals surface area contributed by atoms with Gasteiger partial charge in [0.05, 0.1) is 13.2 Å². The maximum atomic E-state index is 11.4. The van der Waals surface area contributed by atoms with Gasteiger partial charge in [-0.15, -0.1) is 0 Å². The molecule has 0 bridgehead atoms. The van der Waals surface area contributed by atoms with E-state index in [4.69, 9.17) is 9.47 Å². The number of esters is 2. The van der Waals surface area contributed by atoms with Crippen LogP contribution >= 0.6 is 0 Å². The van der Waals surface area contributed by atoms with Gasteiger partial charge in [0, 0.05) is 12.8 Å². The van der Waals surface area contributed by atoms with E-state index in [1.165, 1.54) is 0 Å². The van der Waals surface area contributed by atoms with Crippen LogP contribution in [0.2, 0.25) is 0 Å². The molecule has 0 unspecified atom stereocenters. The van der Waals surface area contributed by atoms with Gasteiger partial charge in [-0.2, -0.15) is 0 Å². The summed E-state index contributed by atoms with van der Waals surface area (Å²) in [6.45, 7) is 2.82. The van der Waals surface area contributed by atoms with Crippen molar-refractivity contribution >= 4 is 24.2 Å². The fraction of sp³-hybridized carbons (Fsp3) is 0.789. The van der Waals surface area contributed by atoms with Gasteiger partial charge < -0.3 is 28.4 Å². The SMILES string of the molecule is CCOC(=O)OCOC(=O)CCCCCCCCCC(=O)OCOC(=O)OCC. The summed E-state index contributed by atoms with van der Waals surface area (Å²) in [4.78, 5) is 44.6. The largest absolute Gasteiger partial charge is 0.511 e. The predicted octanol–water partition coefficient (Wildman–Crippen LogP) is 3.84. The van der Waals surface area contributed by atoms with Gasteiger partial charge in [-0.25, -0.2) is 9.59 Å². The van der Waals surface area contributed by atoms with E-state index in [0.29, 0.717) is 12.8 Å². The monoisotopic (exact) mass is 420 g/mol. The Hall–Kier alpha value is -2.52. The Balaban J connectivity index is 3.38. The Labute approximate surface area is 171 Å². The summed E-state index contributed by atoms with van der Waals surface area (Å²) in [5.74, 6) is -0.834. The topological polar surface area (TPSA) is 124 Å². The van der Waals surface area contributed by atoms with E-state index in [0.717, 1.165) is 32.1 Å². The van der Waals surface area contributed by atoms with E-state index in [2.05, 4.69) is 18.9 Å². The van der Waals surface area contributed by atoms with Gasteiger partial charge in [-0.3, -0.25) is 9.59 Å². The molecule has 0 saturated carbocycles. The van der Waals surface area contributed by atoms with Gasteiger partial charge in [0.1, 0.15) is 0 Å². The van der Waals surface area contributed by atoms with Crippen molar-refractivity contribution in [3.05, 3.63) is 0 Å². The summed E-state index contributed by atoms with van der Waals surface area (Å²) in [6, 6.07) is 0. The number of hydrogen-bond acceptors (Lipinski definition) is 10. The highest BCUT2D eigenvalue weighted by Crippen LogP contribution is 2.10. The van der Waals surface area contributed by atoms with Crippen molar-refractivity contribution < 1.29 is 47.6 Å². The van der Waals surface area contributed by atoms with Gasteiger partial charge >= 0.3 is 24.2 Å². The lowest BCUT2D eigenvalue weighted by molar-refractivity contribution is -0.154. The van der Waals surface area contributed by atoms with Gasteiger partial charge in [-0.1, -0.05) is 32.1 Å². The Morgan fingerprint density at radius 2 is 0.828 bits per heavy atom. The number of carbonyl (C=O) groups excluding carboxylic acids is 4. The van der Waals surface area contributed by atoms with Crippen LogP contribution in [0, 0.1) is 0 Å². The van der Waals surface area contributed by atoms with E-state index < -0.39 is 37.8 Å². The van der Waals surface area contributed by atoms with Crippen LogP contribution < -0.4 is 0 Å². The molecular formula is C19H32O10. The van der Waals surface area contributed by atoms with Gasteiger partial charge in [-0.05, 0) is 26.7 Å². The zero-order valence-electron chi connectivity index (χ0n) is 17.3. The highest BCUT2D eigenvalue weighted by atomic mass is 16.8. The zero-order chi connectivity index (χ0) is 21.7. The molecule has 29 heavy (non-hydrogen) atoms. The minimum absolute atomic E-state index is 0.197. The predicted molar refractivity (Wildman–Crippen MR) is 99.7 cm³/mol. The van der Waals surface area contributed by atoms with Crippen molar-refractivity contribution in [2.45, 2.75) is 71.6 Å². The first-order valence-corrected chi connectivity index (χ1v) is 9.89. The van der Waals surface area contributed by atoms with E-state index in [1.807, 2.05) is 0 Å². The third-order valence-electron chi connectivity index (χ3n) is 3.58. The molecule has 0 heterocycles. The third kappa shape index (κ3) is 18.6. The van der Waals surface area contributed by atoms with E-state index in [1.54, 1.807) is 13.8 Å². The molecular weight excluding hydrogens is 388 g/mol. The molecule has 0 fully saturated rings. The molecule has 168 valence electrons. The first-order valence-electron chi connectivity index (χ1n) is 9.89. The second-order valence-corrected chi connectivity index (χ2v) is 5.90. The van der Waals surface area contributed by atoms with Crippen LogP contribution in [0.5, 0.6) is 0 Å². The molecule has 10 nitrogen and oxygen atoms in total. The first-order chi connectivity index (χ1) is 14.0. The third-order valence-corrected chi connectivity index (χ3v) is 3.58. The molecule has 10 heteroatoms. The summed E-state index contributed by atoms with van der Waals surface area (Å²) >= 11 is 0. The molecule has 0 aromatic heterocycles. The van der Waals surface area contributed by atoms with E-state index in [9.17, 15) is 19.2 Å². The lowest BCUT2D eigenvalue weighted by atomic mass is 10.1. The molecule has 0 atom stereocenters. The van der Waals surface area contributed by atoms with Crippen LogP contribution in [-0.2, 0) is 38.0 Å². The highest BCUT2D eigenvalue weighted by Gasteiger charge is 2.07. The van der Waals surface area contributed by atoms with Crippen molar-refractivity contribution in [1.82, 2.24) is 0 Å². The van der Waals surface area contributed by atoms with E-state index in [-0.39, 0.29) is 26.1 Å². The molecule has 0 rings (SSSR count). The minimum Gasteiger partial charge on any atom is -0.435 e. The quantitative estimate of drug-likeness (QED) is 0.157. The fourth-order valence-electron chi connectivity index (χ4n) is 2.17. The maximum absolute atomic E-state index is 11.4. The zero-order valence-corrected chi connectivity index (χ0v) is 17.3. The summed E-state index contributed by atoms with van der Waals surface area (Å²) < 4.78 is 27.6. The van der Waals surface area contributed by atoms with Crippen molar-refractivity contribution in [3.63, 3.8) is 0 Å². The second kappa shape index (κ2) is 18.8. The van der Waals surface area contributed by atoms with Crippen LogP contribution in [0.25, 0.3) is 0 Å². The highest BCUT2D eigenvalue weighted by molar-refractivity contribution is 5.69. The Morgan fingerprint density at radius 1 is 0.483 bits per heavy atom. The standard InChI is InChI=1S/C19H32O10/c1-3-24-18(22)28-14-26-16(20)12-10-8-6-5-7-9-11-13-17(21)27-15-29-19(23)25-4-2/h3-15H2,1-2H3. The van der Waals surface area contributed by atoms with Crippen molar-refractivity contribution in [3.8, 4) is 0 Å². The molecule has 0 aromatic carbocycles. The molecule has 0 saturated heterocycles. The second-order valence-electron chi connectivity index (χ2n) is 5.90.